The average Bonchev–Trinajstić information content (AvgIpc) is 2.94. The maximum atomic E-state index is 10.5. The van der Waals surface area contributed by atoms with E-state index in [0.29, 0.717) is 18.8 Å². The van der Waals surface area contributed by atoms with Crippen LogP contribution in [0.1, 0.15) is 64.3 Å². The number of aliphatic hydroxyl groups is 2. The van der Waals surface area contributed by atoms with Crippen molar-refractivity contribution in [3.63, 3.8) is 0 Å². The highest BCUT2D eigenvalue weighted by atomic mass is 16.3. The molecule has 0 aliphatic heterocycles. The summed E-state index contributed by atoms with van der Waals surface area (Å²) in [5.74, 6) is 0.755. The minimum atomic E-state index is -0.664. The van der Waals surface area contributed by atoms with Gasteiger partial charge < -0.3 is 14.8 Å². The summed E-state index contributed by atoms with van der Waals surface area (Å²) in [6.45, 7) is 3.91. The first-order valence-electron chi connectivity index (χ1n) is 8.08. The predicted octanol–water partition coefficient (Wildman–Crippen LogP) is 2.19. The molecule has 0 radical (unpaired) electrons. The highest BCUT2D eigenvalue weighted by molar-refractivity contribution is 4.97. The van der Waals surface area contributed by atoms with E-state index in [1.54, 1.807) is 24.7 Å². The predicted molar refractivity (Wildman–Crippen MR) is 81.6 cm³/mol. The Labute approximate surface area is 131 Å². The first kappa shape index (κ1) is 16.9. The van der Waals surface area contributed by atoms with Crippen molar-refractivity contribution >= 4 is 0 Å². The molecule has 1 saturated carbocycles. The average molecular weight is 306 g/mol. The summed E-state index contributed by atoms with van der Waals surface area (Å²) >= 11 is 0. The molecular formula is C16H26N4O2. The number of nitriles is 1. The van der Waals surface area contributed by atoms with Gasteiger partial charge in [-0.25, -0.2) is 0 Å². The maximum absolute atomic E-state index is 10.5. The van der Waals surface area contributed by atoms with Crippen LogP contribution < -0.4 is 0 Å². The van der Waals surface area contributed by atoms with Gasteiger partial charge in [0.2, 0.25) is 0 Å². The van der Waals surface area contributed by atoms with E-state index in [2.05, 4.69) is 16.3 Å². The Morgan fingerprint density at radius 1 is 1.36 bits per heavy atom. The number of aromatic nitrogens is 3. The second kappa shape index (κ2) is 7.21. The Kier molecular flexibility index (Phi) is 5.54. The molecule has 2 unspecified atom stereocenters. The summed E-state index contributed by atoms with van der Waals surface area (Å²) < 4.78 is 1.72. The Hall–Kier alpha value is -1.45. The van der Waals surface area contributed by atoms with Crippen LogP contribution >= 0.6 is 0 Å². The van der Waals surface area contributed by atoms with Crippen LogP contribution in [0.25, 0.3) is 0 Å². The minimum absolute atomic E-state index is 0.226. The highest BCUT2D eigenvalue weighted by Gasteiger charge is 2.28. The second-order valence-electron chi connectivity index (χ2n) is 7.04. The largest absolute Gasteiger partial charge is 0.391 e. The minimum Gasteiger partial charge on any atom is -0.391 e. The Morgan fingerprint density at radius 3 is 2.68 bits per heavy atom. The molecule has 1 fully saturated rings. The monoisotopic (exact) mass is 306 g/mol. The molecule has 1 aromatic rings. The van der Waals surface area contributed by atoms with Gasteiger partial charge in [-0.2, -0.15) is 5.26 Å². The van der Waals surface area contributed by atoms with Crippen molar-refractivity contribution in [2.75, 3.05) is 0 Å². The van der Waals surface area contributed by atoms with Crippen LogP contribution in [0.3, 0.4) is 0 Å². The fourth-order valence-corrected chi connectivity index (χ4v) is 3.22. The van der Waals surface area contributed by atoms with Gasteiger partial charge in [-0.05, 0) is 39.0 Å². The molecule has 122 valence electrons. The van der Waals surface area contributed by atoms with Crippen molar-refractivity contribution in [2.45, 2.75) is 71.1 Å². The molecule has 1 aliphatic rings. The Balaban J connectivity index is 2.01. The molecule has 6 nitrogen and oxygen atoms in total. The molecule has 0 amide bonds. The lowest BCUT2D eigenvalue weighted by Gasteiger charge is -2.27. The van der Waals surface area contributed by atoms with Crippen LogP contribution in [0.2, 0.25) is 0 Å². The molecule has 0 aromatic carbocycles. The summed E-state index contributed by atoms with van der Waals surface area (Å²) in [5.41, 5.74) is -0.574. The van der Waals surface area contributed by atoms with E-state index in [1.165, 1.54) is 6.42 Å². The molecule has 2 atom stereocenters. The van der Waals surface area contributed by atoms with Gasteiger partial charge >= 0.3 is 0 Å². The summed E-state index contributed by atoms with van der Waals surface area (Å²) in [5, 5.41) is 37.7. The number of nitrogens with zero attached hydrogens (tertiary/aromatic N) is 4. The molecule has 22 heavy (non-hydrogen) atoms. The molecule has 6 heteroatoms. The van der Waals surface area contributed by atoms with E-state index in [1.807, 2.05) is 0 Å². The van der Waals surface area contributed by atoms with Gasteiger partial charge in [-0.1, -0.05) is 19.3 Å². The maximum Gasteiger partial charge on any atom is 0.162 e. The van der Waals surface area contributed by atoms with Crippen LogP contribution in [0, 0.1) is 22.7 Å². The zero-order valence-electron chi connectivity index (χ0n) is 13.4. The highest BCUT2D eigenvalue weighted by Crippen LogP contribution is 2.33. The summed E-state index contributed by atoms with van der Waals surface area (Å²) in [4.78, 5) is 0. The third-order valence-electron chi connectivity index (χ3n) is 4.46. The zero-order chi connectivity index (χ0) is 16.2. The molecule has 0 spiro atoms. The molecule has 2 rings (SSSR count). The second-order valence-corrected chi connectivity index (χ2v) is 7.04. The van der Waals surface area contributed by atoms with Crippen molar-refractivity contribution in [2.24, 2.45) is 11.3 Å². The van der Waals surface area contributed by atoms with Crippen molar-refractivity contribution in [3.8, 4) is 6.07 Å². The zero-order valence-corrected chi connectivity index (χ0v) is 13.4. The third-order valence-corrected chi connectivity index (χ3v) is 4.46. The first-order chi connectivity index (χ1) is 10.4. The lowest BCUT2D eigenvalue weighted by molar-refractivity contribution is 0.0669. The summed E-state index contributed by atoms with van der Waals surface area (Å²) in [6, 6.07) is 2.19. The lowest BCUT2D eigenvalue weighted by atomic mass is 9.85. The van der Waals surface area contributed by atoms with Crippen LogP contribution in [-0.2, 0) is 6.54 Å². The quantitative estimate of drug-likeness (QED) is 0.840. The van der Waals surface area contributed by atoms with E-state index in [-0.39, 0.29) is 5.92 Å². The van der Waals surface area contributed by atoms with Crippen molar-refractivity contribution in [3.05, 3.63) is 12.2 Å². The number of hydrogen-bond acceptors (Lipinski definition) is 5. The van der Waals surface area contributed by atoms with Gasteiger partial charge in [0.05, 0.1) is 24.1 Å². The fourth-order valence-electron chi connectivity index (χ4n) is 3.22. The normalized spacial score (nSPS) is 19.6. The topological polar surface area (TPSA) is 95.0 Å². The number of hydrogen-bond donors (Lipinski definition) is 2. The molecule has 1 aliphatic carbocycles. The molecule has 1 aromatic heterocycles. The number of rotatable bonds is 6. The number of aliphatic hydroxyl groups excluding tert-OH is 2. The van der Waals surface area contributed by atoms with Gasteiger partial charge in [0.1, 0.15) is 12.4 Å². The van der Waals surface area contributed by atoms with Gasteiger partial charge in [-0.15, -0.1) is 10.2 Å². The van der Waals surface area contributed by atoms with E-state index in [9.17, 15) is 10.2 Å². The van der Waals surface area contributed by atoms with Gasteiger partial charge in [0, 0.05) is 0 Å². The van der Waals surface area contributed by atoms with Gasteiger partial charge in [0.25, 0.3) is 0 Å². The van der Waals surface area contributed by atoms with Crippen LogP contribution in [0.5, 0.6) is 0 Å². The van der Waals surface area contributed by atoms with Crippen LogP contribution in [-0.4, -0.2) is 31.1 Å². The van der Waals surface area contributed by atoms with E-state index in [0.717, 1.165) is 25.7 Å². The van der Waals surface area contributed by atoms with Crippen molar-refractivity contribution in [1.82, 2.24) is 14.8 Å². The standard InChI is InChI=1S/C16H26N4O2/c1-16(2,10-17)8-13(21)9-20-11-18-19-15(20)14(22)12-6-4-3-5-7-12/h11-14,21-22H,3-9H2,1-2H3. The first-order valence-corrected chi connectivity index (χ1v) is 8.08. The van der Waals surface area contributed by atoms with Crippen LogP contribution in [0.4, 0.5) is 0 Å². The lowest BCUT2D eigenvalue weighted by Crippen LogP contribution is -2.26. The molecule has 1 heterocycles. The van der Waals surface area contributed by atoms with Gasteiger partial charge in [0.15, 0.2) is 5.82 Å². The Bertz CT molecular complexity index is 514. The van der Waals surface area contributed by atoms with E-state index < -0.39 is 17.6 Å². The molecule has 0 saturated heterocycles. The smallest absolute Gasteiger partial charge is 0.162 e. The van der Waals surface area contributed by atoms with Crippen LogP contribution in [0.15, 0.2) is 6.33 Å². The van der Waals surface area contributed by atoms with Gasteiger partial charge in [-0.3, -0.25) is 0 Å². The third kappa shape index (κ3) is 4.28. The molecular weight excluding hydrogens is 280 g/mol. The molecule has 0 bridgehead atoms. The van der Waals surface area contributed by atoms with E-state index >= 15 is 0 Å². The van der Waals surface area contributed by atoms with Crippen molar-refractivity contribution in [1.29, 1.82) is 5.26 Å². The molecule has 2 N–H and O–H groups in total. The summed E-state index contributed by atoms with van der Waals surface area (Å²) in [7, 11) is 0. The Morgan fingerprint density at radius 2 is 2.05 bits per heavy atom. The SMILES string of the molecule is CC(C)(C#N)CC(O)Cn1cnnc1C(O)C1CCCCC1. The van der Waals surface area contributed by atoms with Crippen molar-refractivity contribution < 1.29 is 10.2 Å². The fraction of sp³-hybridized carbons (Fsp3) is 0.812. The van der Waals surface area contributed by atoms with E-state index in [4.69, 9.17) is 5.26 Å². The summed E-state index contributed by atoms with van der Waals surface area (Å²) in [6.07, 6.45) is 6.18.